The van der Waals surface area contributed by atoms with Gasteiger partial charge in [-0.15, -0.1) is 24.0 Å². The van der Waals surface area contributed by atoms with Crippen molar-refractivity contribution in [1.29, 1.82) is 0 Å². The van der Waals surface area contributed by atoms with Crippen molar-refractivity contribution in [3.63, 3.8) is 0 Å². The molecule has 0 saturated carbocycles. The van der Waals surface area contributed by atoms with E-state index in [-0.39, 0.29) is 29.4 Å². The Labute approximate surface area is 201 Å². The summed E-state index contributed by atoms with van der Waals surface area (Å²) in [4.78, 5) is 11.5. The van der Waals surface area contributed by atoms with E-state index >= 15 is 0 Å². The van der Waals surface area contributed by atoms with E-state index in [2.05, 4.69) is 72.5 Å². The van der Waals surface area contributed by atoms with Crippen LogP contribution in [0, 0.1) is 0 Å². The van der Waals surface area contributed by atoms with Crippen molar-refractivity contribution >= 4 is 47.4 Å². The first-order valence-electron chi connectivity index (χ1n) is 10.3. The number of aromatic nitrogens is 1. The molecule has 1 aromatic heterocycles. The molecule has 0 unspecified atom stereocenters. The fourth-order valence-corrected chi connectivity index (χ4v) is 3.95. The maximum absolute atomic E-state index is 5.85. The highest BCUT2D eigenvalue weighted by Gasteiger charge is 2.19. The van der Waals surface area contributed by atoms with Crippen LogP contribution >= 0.6 is 35.7 Å². The summed E-state index contributed by atoms with van der Waals surface area (Å²) in [5.41, 5.74) is 2.47. The molecule has 1 fully saturated rings. The van der Waals surface area contributed by atoms with Gasteiger partial charge in [0.05, 0.1) is 19.3 Å². The minimum absolute atomic E-state index is 0. The first kappa shape index (κ1) is 24.8. The Balaban J connectivity index is 0.00000320. The zero-order chi connectivity index (χ0) is 20.7. The lowest BCUT2D eigenvalue weighted by molar-refractivity contribution is 0.379. The number of guanidine groups is 1. The minimum atomic E-state index is -0.0387. The van der Waals surface area contributed by atoms with Gasteiger partial charge in [-0.1, -0.05) is 32.9 Å². The number of benzene rings is 1. The minimum Gasteiger partial charge on any atom is -0.443 e. The van der Waals surface area contributed by atoms with Gasteiger partial charge in [0.2, 0.25) is 5.89 Å². The number of rotatable bonds is 6. The number of oxazole rings is 1. The number of aliphatic imine (C=N–C) groups is 1. The third-order valence-electron chi connectivity index (χ3n) is 4.78. The predicted octanol–water partition coefficient (Wildman–Crippen LogP) is 4.40. The lowest BCUT2D eigenvalue weighted by atomic mass is 9.94. The number of hydrogen-bond donors (Lipinski definition) is 2. The molecule has 2 aromatic rings. The Hall–Kier alpha value is -1.42. The summed E-state index contributed by atoms with van der Waals surface area (Å²) < 4.78 is 5.85. The zero-order valence-electron chi connectivity index (χ0n) is 18.4. The monoisotopic (exact) mass is 543 g/mol. The number of nitrogens with one attached hydrogen (secondary N) is 2. The normalized spacial score (nSPS) is 14.9. The highest BCUT2D eigenvalue weighted by atomic mass is 127. The van der Waals surface area contributed by atoms with Gasteiger partial charge in [0.1, 0.15) is 5.76 Å². The van der Waals surface area contributed by atoms with Gasteiger partial charge in [-0.3, -0.25) is 0 Å². The topological polar surface area (TPSA) is 65.7 Å². The van der Waals surface area contributed by atoms with Crippen LogP contribution in [0.25, 0.3) is 0 Å². The van der Waals surface area contributed by atoms with Crippen LogP contribution in [0.5, 0.6) is 0 Å². The van der Waals surface area contributed by atoms with Crippen LogP contribution < -0.4 is 15.5 Å². The molecule has 0 aliphatic carbocycles. The number of anilines is 1. The second-order valence-corrected chi connectivity index (χ2v) is 9.41. The van der Waals surface area contributed by atoms with Gasteiger partial charge in [-0.05, 0) is 24.6 Å². The van der Waals surface area contributed by atoms with Crippen molar-refractivity contribution in [3.05, 3.63) is 47.7 Å². The molecule has 0 amide bonds. The Kier molecular flexibility index (Phi) is 9.80. The smallest absolute Gasteiger partial charge is 0.213 e. The summed E-state index contributed by atoms with van der Waals surface area (Å²) in [6, 6.07) is 8.77. The number of hydrogen-bond acceptors (Lipinski definition) is 5. The first-order chi connectivity index (χ1) is 14.0. The van der Waals surface area contributed by atoms with Crippen molar-refractivity contribution in [2.24, 2.45) is 4.99 Å². The summed E-state index contributed by atoms with van der Waals surface area (Å²) in [6.45, 7) is 12.6. The number of nitrogens with zero attached hydrogens (tertiary/aromatic N) is 3. The molecule has 8 heteroatoms. The highest BCUT2D eigenvalue weighted by Crippen LogP contribution is 2.22. The van der Waals surface area contributed by atoms with E-state index in [0.717, 1.165) is 31.4 Å². The van der Waals surface area contributed by atoms with Crippen LogP contribution in [0.1, 0.15) is 44.9 Å². The van der Waals surface area contributed by atoms with Crippen molar-refractivity contribution in [1.82, 2.24) is 15.6 Å². The zero-order valence-corrected chi connectivity index (χ0v) is 21.5. The van der Waals surface area contributed by atoms with E-state index in [1.54, 1.807) is 0 Å². The molecule has 1 aliphatic rings. The van der Waals surface area contributed by atoms with Gasteiger partial charge in [-0.25, -0.2) is 9.98 Å². The van der Waals surface area contributed by atoms with Gasteiger partial charge in [0.15, 0.2) is 5.96 Å². The maximum Gasteiger partial charge on any atom is 0.213 e. The molecule has 0 spiro atoms. The lowest BCUT2D eigenvalue weighted by Crippen LogP contribution is -2.36. The molecular formula is C22H34IN5OS. The van der Waals surface area contributed by atoms with E-state index < -0.39 is 0 Å². The largest absolute Gasteiger partial charge is 0.443 e. The predicted molar refractivity (Wildman–Crippen MR) is 138 cm³/mol. The van der Waals surface area contributed by atoms with Gasteiger partial charge in [0.25, 0.3) is 0 Å². The van der Waals surface area contributed by atoms with Crippen LogP contribution in [-0.4, -0.2) is 42.1 Å². The van der Waals surface area contributed by atoms with E-state index in [1.165, 1.54) is 22.8 Å². The summed E-state index contributed by atoms with van der Waals surface area (Å²) in [5.74, 6) is 4.75. The lowest BCUT2D eigenvalue weighted by Gasteiger charge is -2.28. The van der Waals surface area contributed by atoms with E-state index in [9.17, 15) is 0 Å². The van der Waals surface area contributed by atoms with Crippen molar-refractivity contribution in [3.8, 4) is 0 Å². The average molecular weight is 544 g/mol. The quantitative estimate of drug-likeness (QED) is 0.320. The molecule has 1 aromatic carbocycles. The Morgan fingerprint density at radius 3 is 2.47 bits per heavy atom. The Morgan fingerprint density at radius 2 is 1.87 bits per heavy atom. The van der Waals surface area contributed by atoms with Crippen LogP contribution in [0.15, 0.2) is 39.9 Å². The molecule has 0 atom stereocenters. The standard InChI is InChI=1S/C22H33N5OS.HI/c1-5-23-21(26-16-20-24-15-19(28-20)22(2,3)4)25-14-17-6-8-18(9-7-17)27-10-12-29-13-11-27;/h6-9,15H,5,10-14,16H2,1-4H3,(H2,23,25,26);1H. The second-order valence-electron chi connectivity index (χ2n) is 8.18. The van der Waals surface area contributed by atoms with Crippen LogP contribution in [0.3, 0.4) is 0 Å². The van der Waals surface area contributed by atoms with Crippen LogP contribution in [0.4, 0.5) is 5.69 Å². The van der Waals surface area contributed by atoms with E-state index in [0.29, 0.717) is 19.0 Å². The molecule has 1 saturated heterocycles. The van der Waals surface area contributed by atoms with Gasteiger partial charge < -0.3 is 20.0 Å². The molecule has 6 nitrogen and oxygen atoms in total. The second kappa shape index (κ2) is 11.8. The van der Waals surface area contributed by atoms with E-state index in [1.807, 2.05) is 18.0 Å². The van der Waals surface area contributed by atoms with Crippen LogP contribution in [-0.2, 0) is 18.5 Å². The molecule has 0 bridgehead atoms. The third kappa shape index (κ3) is 7.37. The molecule has 0 radical (unpaired) electrons. The van der Waals surface area contributed by atoms with Crippen molar-refractivity contribution < 1.29 is 4.42 Å². The molecule has 166 valence electrons. The Morgan fingerprint density at radius 1 is 1.17 bits per heavy atom. The Bertz CT molecular complexity index is 795. The fraction of sp³-hybridized carbons (Fsp3) is 0.545. The fourth-order valence-electron chi connectivity index (χ4n) is 3.04. The maximum atomic E-state index is 5.85. The van der Waals surface area contributed by atoms with E-state index in [4.69, 9.17) is 9.41 Å². The van der Waals surface area contributed by atoms with Crippen molar-refractivity contribution in [2.45, 2.75) is 46.2 Å². The molecule has 1 aliphatic heterocycles. The summed E-state index contributed by atoms with van der Waals surface area (Å²) in [6.07, 6.45) is 1.81. The summed E-state index contributed by atoms with van der Waals surface area (Å²) >= 11 is 2.03. The summed E-state index contributed by atoms with van der Waals surface area (Å²) in [7, 11) is 0. The molecule has 2 heterocycles. The summed E-state index contributed by atoms with van der Waals surface area (Å²) in [5, 5.41) is 6.59. The molecule has 3 rings (SSSR count). The molecular weight excluding hydrogens is 509 g/mol. The van der Waals surface area contributed by atoms with Crippen LogP contribution in [0.2, 0.25) is 0 Å². The SMILES string of the molecule is CCNC(=NCc1ccc(N2CCSCC2)cc1)NCc1ncc(C(C)(C)C)o1.I. The molecule has 30 heavy (non-hydrogen) atoms. The third-order valence-corrected chi connectivity index (χ3v) is 5.72. The number of thioether (sulfide) groups is 1. The average Bonchev–Trinajstić information content (AvgIpc) is 3.21. The van der Waals surface area contributed by atoms with Gasteiger partial charge in [0, 0.05) is 42.2 Å². The molecule has 2 N–H and O–H groups in total. The highest BCUT2D eigenvalue weighted by molar-refractivity contribution is 14.0. The van der Waals surface area contributed by atoms with Gasteiger partial charge >= 0.3 is 0 Å². The van der Waals surface area contributed by atoms with Gasteiger partial charge in [-0.2, -0.15) is 11.8 Å². The van der Waals surface area contributed by atoms with Crippen molar-refractivity contribution in [2.75, 3.05) is 36.0 Å². The number of halogens is 1. The first-order valence-corrected chi connectivity index (χ1v) is 11.5.